The van der Waals surface area contributed by atoms with Crippen LogP contribution in [0.4, 0.5) is 0 Å². The number of nitrogens with zero attached hydrogens (tertiary/aromatic N) is 1. The number of fused-ring (bicyclic) bond motifs is 1. The number of rotatable bonds is 5. The van der Waals surface area contributed by atoms with Gasteiger partial charge >= 0.3 is 0 Å². The maximum Gasteiger partial charge on any atom is 0.162 e. The van der Waals surface area contributed by atoms with Crippen molar-refractivity contribution in [3.63, 3.8) is 0 Å². The Morgan fingerprint density at radius 2 is 1.95 bits per heavy atom. The number of hydrogen-bond donors (Lipinski definition) is 0. The van der Waals surface area contributed by atoms with Crippen molar-refractivity contribution < 1.29 is 9.47 Å². The second-order valence-electron chi connectivity index (χ2n) is 4.71. The number of halogens is 1. The Bertz CT molecular complexity index is 607. The molecule has 0 N–H and O–H groups in total. The van der Waals surface area contributed by atoms with Crippen molar-refractivity contribution in [1.29, 1.82) is 0 Å². The summed E-state index contributed by atoms with van der Waals surface area (Å²) in [6.07, 6.45) is 2.84. The second kappa shape index (κ2) is 7.18. The van der Waals surface area contributed by atoms with Crippen molar-refractivity contribution in [2.24, 2.45) is 0 Å². The number of pyridine rings is 1. The smallest absolute Gasteiger partial charge is 0.162 e. The topological polar surface area (TPSA) is 31.4 Å². The van der Waals surface area contributed by atoms with Crippen molar-refractivity contribution in [2.75, 3.05) is 19.0 Å². The van der Waals surface area contributed by atoms with Gasteiger partial charge in [-0.05, 0) is 42.0 Å². The van der Waals surface area contributed by atoms with Gasteiger partial charge in [0.25, 0.3) is 0 Å². The molecule has 0 spiro atoms. The van der Waals surface area contributed by atoms with E-state index in [0.29, 0.717) is 13.2 Å². The Hall–Kier alpha value is -1.20. The average molecular weight is 366 g/mol. The van der Waals surface area contributed by atoms with Gasteiger partial charge in [-0.15, -0.1) is 0 Å². The number of thioether (sulfide) groups is 1. The monoisotopic (exact) mass is 365 g/mol. The largest absolute Gasteiger partial charge is 0.486 e. The first-order valence-corrected chi connectivity index (χ1v) is 8.83. The molecular weight excluding hydrogens is 350 g/mol. The molecule has 21 heavy (non-hydrogen) atoms. The van der Waals surface area contributed by atoms with Gasteiger partial charge in [0.15, 0.2) is 11.5 Å². The van der Waals surface area contributed by atoms with E-state index in [9.17, 15) is 0 Å². The van der Waals surface area contributed by atoms with Crippen molar-refractivity contribution in [3.8, 4) is 11.5 Å². The first-order valence-electron chi connectivity index (χ1n) is 6.88. The van der Waals surface area contributed by atoms with Crippen LogP contribution in [-0.4, -0.2) is 24.0 Å². The predicted octanol–water partition coefficient (Wildman–Crippen LogP) is 4.09. The summed E-state index contributed by atoms with van der Waals surface area (Å²) in [5, 5.41) is 0. The molecule has 1 aliphatic heterocycles. The van der Waals surface area contributed by atoms with Crippen LogP contribution < -0.4 is 9.47 Å². The summed E-state index contributed by atoms with van der Waals surface area (Å²) in [7, 11) is 0. The lowest BCUT2D eigenvalue weighted by Crippen LogP contribution is -2.15. The highest BCUT2D eigenvalue weighted by atomic mass is 79.9. The number of aromatic nitrogens is 1. The summed E-state index contributed by atoms with van der Waals surface area (Å²) < 4.78 is 12.3. The number of hydrogen-bond acceptors (Lipinski definition) is 4. The van der Waals surface area contributed by atoms with Gasteiger partial charge in [0, 0.05) is 22.1 Å². The molecule has 1 aromatic carbocycles. The molecule has 0 saturated heterocycles. The lowest BCUT2D eigenvalue weighted by molar-refractivity contribution is 0.171. The average Bonchev–Trinajstić information content (AvgIpc) is 2.53. The zero-order chi connectivity index (χ0) is 14.5. The van der Waals surface area contributed by atoms with Gasteiger partial charge in [0.1, 0.15) is 13.2 Å². The second-order valence-corrected chi connectivity index (χ2v) is 6.67. The molecule has 0 fully saturated rings. The van der Waals surface area contributed by atoms with Crippen LogP contribution in [0.25, 0.3) is 0 Å². The van der Waals surface area contributed by atoms with E-state index in [2.05, 4.69) is 33.0 Å². The van der Waals surface area contributed by atoms with E-state index in [-0.39, 0.29) is 0 Å². The van der Waals surface area contributed by atoms with Gasteiger partial charge in [-0.3, -0.25) is 4.98 Å². The summed E-state index contributed by atoms with van der Waals surface area (Å²) >= 11 is 5.51. The standard InChI is InChI=1S/C16H16BrNO2S/c17-14-10-16-15(19-6-7-20-16)9-12(14)11-21-8-4-13-3-1-2-5-18-13/h1-3,5,9-10H,4,6-8,11H2. The Balaban J connectivity index is 1.55. The molecule has 5 heteroatoms. The highest BCUT2D eigenvalue weighted by molar-refractivity contribution is 9.10. The highest BCUT2D eigenvalue weighted by Gasteiger charge is 2.14. The Morgan fingerprint density at radius 1 is 1.14 bits per heavy atom. The zero-order valence-corrected chi connectivity index (χ0v) is 14.0. The van der Waals surface area contributed by atoms with Crippen LogP contribution in [0.3, 0.4) is 0 Å². The first kappa shape index (κ1) is 14.7. The number of aryl methyl sites for hydroxylation is 1. The number of ether oxygens (including phenoxy) is 2. The van der Waals surface area contributed by atoms with E-state index in [0.717, 1.165) is 39.6 Å². The molecule has 0 bridgehead atoms. The minimum absolute atomic E-state index is 0.623. The molecule has 1 aliphatic rings. The summed E-state index contributed by atoms with van der Waals surface area (Å²) in [6.45, 7) is 1.25. The van der Waals surface area contributed by atoms with Crippen molar-refractivity contribution in [2.45, 2.75) is 12.2 Å². The number of benzene rings is 1. The zero-order valence-electron chi connectivity index (χ0n) is 11.5. The van der Waals surface area contributed by atoms with Gasteiger partial charge in [-0.1, -0.05) is 22.0 Å². The molecule has 0 amide bonds. The molecule has 0 unspecified atom stereocenters. The minimum atomic E-state index is 0.623. The van der Waals surface area contributed by atoms with Crippen molar-refractivity contribution in [3.05, 3.63) is 52.3 Å². The lowest BCUT2D eigenvalue weighted by atomic mass is 10.2. The molecule has 0 radical (unpaired) electrons. The molecule has 2 aromatic rings. The molecular formula is C16H16BrNO2S. The predicted molar refractivity (Wildman–Crippen MR) is 89.2 cm³/mol. The van der Waals surface area contributed by atoms with E-state index in [1.54, 1.807) is 0 Å². The molecule has 0 aliphatic carbocycles. The van der Waals surface area contributed by atoms with Gasteiger partial charge in [-0.25, -0.2) is 0 Å². The van der Waals surface area contributed by atoms with E-state index in [1.165, 1.54) is 5.56 Å². The van der Waals surface area contributed by atoms with Crippen LogP contribution in [0.2, 0.25) is 0 Å². The van der Waals surface area contributed by atoms with E-state index >= 15 is 0 Å². The van der Waals surface area contributed by atoms with Crippen LogP contribution in [0, 0.1) is 0 Å². The molecule has 0 atom stereocenters. The van der Waals surface area contributed by atoms with Crippen molar-refractivity contribution in [1.82, 2.24) is 4.98 Å². The third kappa shape index (κ3) is 3.92. The Labute approximate surface area is 137 Å². The van der Waals surface area contributed by atoms with Crippen LogP contribution in [0.1, 0.15) is 11.3 Å². The quantitative estimate of drug-likeness (QED) is 0.746. The maximum absolute atomic E-state index is 5.63. The lowest BCUT2D eigenvalue weighted by Gasteiger charge is -2.19. The van der Waals surface area contributed by atoms with Crippen molar-refractivity contribution >= 4 is 27.7 Å². The summed E-state index contributed by atoms with van der Waals surface area (Å²) in [5.41, 5.74) is 2.39. The van der Waals surface area contributed by atoms with E-state index in [4.69, 9.17) is 9.47 Å². The first-order chi connectivity index (χ1) is 10.3. The fourth-order valence-corrected chi connectivity index (χ4v) is 3.73. The Kier molecular flexibility index (Phi) is 5.04. The summed E-state index contributed by atoms with van der Waals surface area (Å²) in [4.78, 5) is 4.34. The molecule has 3 rings (SSSR count). The van der Waals surface area contributed by atoms with Crippen LogP contribution >= 0.6 is 27.7 Å². The fourth-order valence-electron chi connectivity index (χ4n) is 2.12. The summed E-state index contributed by atoms with van der Waals surface area (Å²) in [6, 6.07) is 10.1. The van der Waals surface area contributed by atoms with Crippen LogP contribution in [-0.2, 0) is 12.2 Å². The fraction of sp³-hybridized carbons (Fsp3) is 0.312. The van der Waals surface area contributed by atoms with Gasteiger partial charge < -0.3 is 9.47 Å². The van der Waals surface area contributed by atoms with Crippen LogP contribution in [0.15, 0.2) is 41.0 Å². The Morgan fingerprint density at radius 3 is 2.71 bits per heavy atom. The van der Waals surface area contributed by atoms with E-state index < -0.39 is 0 Å². The normalized spacial score (nSPS) is 13.2. The highest BCUT2D eigenvalue weighted by Crippen LogP contribution is 2.36. The van der Waals surface area contributed by atoms with E-state index in [1.807, 2.05) is 36.2 Å². The summed E-state index contributed by atoms with van der Waals surface area (Å²) in [5.74, 6) is 3.68. The molecule has 3 nitrogen and oxygen atoms in total. The molecule has 0 saturated carbocycles. The third-order valence-corrected chi connectivity index (χ3v) is 4.94. The molecule has 1 aromatic heterocycles. The van der Waals surface area contributed by atoms with Gasteiger partial charge in [0.05, 0.1) is 0 Å². The SMILES string of the molecule is Brc1cc2c(cc1CSCCc1ccccn1)OCCO2. The minimum Gasteiger partial charge on any atom is -0.486 e. The molecule has 110 valence electrons. The van der Waals surface area contributed by atoms with Gasteiger partial charge in [0.2, 0.25) is 0 Å². The molecule has 2 heterocycles. The maximum atomic E-state index is 5.63. The van der Waals surface area contributed by atoms with Crippen LogP contribution in [0.5, 0.6) is 11.5 Å². The third-order valence-electron chi connectivity index (χ3n) is 3.20. The van der Waals surface area contributed by atoms with Gasteiger partial charge in [-0.2, -0.15) is 11.8 Å².